The second-order valence-electron chi connectivity index (χ2n) is 8.08. The average molecular weight is 417 g/mol. The third kappa shape index (κ3) is 5.20. The van der Waals surface area contributed by atoms with Crippen molar-refractivity contribution < 1.29 is 9.53 Å². The van der Waals surface area contributed by atoms with Crippen LogP contribution in [0.5, 0.6) is 5.75 Å². The van der Waals surface area contributed by atoms with Crippen LogP contribution in [-0.4, -0.2) is 35.8 Å². The molecule has 6 nitrogen and oxygen atoms in total. The largest absolute Gasteiger partial charge is 0.483 e. The summed E-state index contributed by atoms with van der Waals surface area (Å²) in [7, 11) is 0. The maximum atomic E-state index is 12.3. The monoisotopic (exact) mass is 416 g/mol. The molecule has 1 amide bonds. The van der Waals surface area contributed by atoms with Crippen molar-refractivity contribution in [2.45, 2.75) is 32.6 Å². The highest BCUT2D eigenvalue weighted by Gasteiger charge is 2.14. The van der Waals surface area contributed by atoms with E-state index in [4.69, 9.17) is 4.74 Å². The first-order valence-corrected chi connectivity index (χ1v) is 10.8. The predicted molar refractivity (Wildman–Crippen MR) is 124 cm³/mol. The number of amides is 1. The second-order valence-corrected chi connectivity index (χ2v) is 8.08. The fraction of sp³-hybridized carbons (Fsp3) is 0.320. The van der Waals surface area contributed by atoms with E-state index in [1.807, 2.05) is 60.7 Å². The molecule has 1 saturated heterocycles. The fourth-order valence-corrected chi connectivity index (χ4v) is 3.75. The molecular formula is C25H28N4O2. The molecule has 3 aromatic rings. The third-order valence-electron chi connectivity index (χ3n) is 5.44. The topological polar surface area (TPSA) is 67.3 Å². The quantitative estimate of drug-likeness (QED) is 0.594. The van der Waals surface area contributed by atoms with Crippen molar-refractivity contribution in [3.8, 4) is 17.0 Å². The normalized spacial score (nSPS) is 13.5. The van der Waals surface area contributed by atoms with Gasteiger partial charge in [-0.1, -0.05) is 44.2 Å². The molecule has 0 radical (unpaired) electrons. The number of rotatable bonds is 7. The van der Waals surface area contributed by atoms with Gasteiger partial charge in [0.1, 0.15) is 5.75 Å². The predicted octanol–water partition coefficient (Wildman–Crippen LogP) is 4.88. The van der Waals surface area contributed by atoms with Crippen LogP contribution in [0.4, 0.5) is 11.5 Å². The maximum Gasteiger partial charge on any atom is 0.262 e. The first kappa shape index (κ1) is 20.8. The second kappa shape index (κ2) is 9.60. The molecule has 0 saturated carbocycles. The van der Waals surface area contributed by atoms with Gasteiger partial charge in [-0.2, -0.15) is 0 Å². The smallest absolute Gasteiger partial charge is 0.262 e. The van der Waals surface area contributed by atoms with Gasteiger partial charge in [0.2, 0.25) is 0 Å². The number of carbonyl (C=O) groups is 1. The lowest BCUT2D eigenvalue weighted by molar-refractivity contribution is -0.118. The Kier molecular flexibility index (Phi) is 6.46. The number of carbonyl (C=O) groups excluding carboxylic acids is 1. The van der Waals surface area contributed by atoms with Gasteiger partial charge in [0, 0.05) is 24.3 Å². The molecule has 160 valence electrons. The number of hydrogen-bond acceptors (Lipinski definition) is 5. The molecule has 2 heterocycles. The molecule has 1 fully saturated rings. The van der Waals surface area contributed by atoms with E-state index in [9.17, 15) is 4.79 Å². The van der Waals surface area contributed by atoms with Crippen molar-refractivity contribution in [1.82, 2.24) is 10.2 Å². The van der Waals surface area contributed by atoms with Crippen molar-refractivity contribution in [3.05, 3.63) is 66.2 Å². The van der Waals surface area contributed by atoms with Crippen molar-refractivity contribution >= 4 is 17.4 Å². The van der Waals surface area contributed by atoms with Crippen molar-refractivity contribution in [3.63, 3.8) is 0 Å². The Morgan fingerprint density at radius 1 is 1.00 bits per heavy atom. The van der Waals surface area contributed by atoms with E-state index in [-0.39, 0.29) is 12.5 Å². The van der Waals surface area contributed by atoms with Crippen LogP contribution in [0.2, 0.25) is 0 Å². The molecule has 6 heteroatoms. The molecule has 0 bridgehead atoms. The zero-order valence-electron chi connectivity index (χ0n) is 18.0. The standard InChI is InChI=1S/C25H28N4O2/c1-18(2)21-7-3-4-8-23(21)31-17-25(30)26-20-11-9-19(10-12-20)22-13-14-24(28-27-22)29-15-5-6-16-29/h3-4,7-14,18H,5-6,15-17H2,1-2H3,(H,26,30). The van der Waals surface area contributed by atoms with Crippen LogP contribution in [0, 0.1) is 0 Å². The van der Waals surface area contributed by atoms with Crippen molar-refractivity contribution in [1.29, 1.82) is 0 Å². The summed E-state index contributed by atoms with van der Waals surface area (Å²) in [6.07, 6.45) is 2.43. The van der Waals surface area contributed by atoms with Gasteiger partial charge in [0.25, 0.3) is 5.91 Å². The van der Waals surface area contributed by atoms with Gasteiger partial charge >= 0.3 is 0 Å². The molecule has 0 atom stereocenters. The van der Waals surface area contributed by atoms with Gasteiger partial charge in [-0.05, 0) is 54.7 Å². The average Bonchev–Trinajstić information content (AvgIpc) is 3.33. The molecule has 1 aliphatic rings. The first-order chi connectivity index (χ1) is 15.1. The first-order valence-electron chi connectivity index (χ1n) is 10.8. The Morgan fingerprint density at radius 3 is 2.42 bits per heavy atom. The highest BCUT2D eigenvalue weighted by atomic mass is 16.5. The van der Waals surface area contributed by atoms with Crippen molar-refractivity contribution in [2.24, 2.45) is 0 Å². The molecule has 2 aromatic carbocycles. The van der Waals surface area contributed by atoms with Crippen LogP contribution in [0.3, 0.4) is 0 Å². The number of hydrogen-bond donors (Lipinski definition) is 1. The number of nitrogens with zero attached hydrogens (tertiary/aromatic N) is 3. The zero-order chi connectivity index (χ0) is 21.6. The number of ether oxygens (including phenoxy) is 1. The number of para-hydroxylation sites is 1. The minimum atomic E-state index is -0.193. The molecule has 0 spiro atoms. The van der Waals surface area contributed by atoms with Gasteiger partial charge in [-0.25, -0.2) is 0 Å². The molecule has 0 aliphatic carbocycles. The van der Waals surface area contributed by atoms with E-state index < -0.39 is 0 Å². The Balaban J connectivity index is 1.33. The van der Waals surface area contributed by atoms with E-state index in [2.05, 4.69) is 34.3 Å². The summed E-state index contributed by atoms with van der Waals surface area (Å²) >= 11 is 0. The van der Waals surface area contributed by atoms with Gasteiger partial charge in [0.05, 0.1) is 5.69 Å². The SMILES string of the molecule is CC(C)c1ccccc1OCC(=O)Nc1ccc(-c2ccc(N3CCCC3)nn2)cc1. The summed E-state index contributed by atoms with van der Waals surface area (Å²) in [4.78, 5) is 14.6. The zero-order valence-corrected chi connectivity index (χ0v) is 18.0. The molecule has 31 heavy (non-hydrogen) atoms. The van der Waals surface area contributed by atoms with Crippen molar-refractivity contribution in [2.75, 3.05) is 29.9 Å². The van der Waals surface area contributed by atoms with Gasteiger partial charge < -0.3 is 15.0 Å². The van der Waals surface area contributed by atoms with Gasteiger partial charge in [0.15, 0.2) is 12.4 Å². The third-order valence-corrected chi connectivity index (χ3v) is 5.44. The van der Waals surface area contributed by atoms with E-state index in [1.165, 1.54) is 12.8 Å². The highest BCUT2D eigenvalue weighted by molar-refractivity contribution is 5.92. The summed E-state index contributed by atoms with van der Waals surface area (Å²) < 4.78 is 5.74. The molecule has 4 rings (SSSR count). The Morgan fingerprint density at radius 2 is 1.74 bits per heavy atom. The summed E-state index contributed by atoms with van der Waals surface area (Å²) in [5.41, 5.74) is 3.59. The van der Waals surface area contributed by atoms with E-state index in [0.717, 1.165) is 47.2 Å². The molecule has 0 unspecified atom stereocenters. The lowest BCUT2D eigenvalue weighted by Gasteiger charge is -2.15. The van der Waals surface area contributed by atoms with Crippen LogP contribution < -0.4 is 15.0 Å². The summed E-state index contributed by atoms with van der Waals surface area (Å²) in [5.74, 6) is 1.82. The summed E-state index contributed by atoms with van der Waals surface area (Å²) in [6.45, 7) is 6.28. The molecule has 1 N–H and O–H groups in total. The van der Waals surface area contributed by atoms with Gasteiger partial charge in [-0.3, -0.25) is 4.79 Å². The molecule has 1 aliphatic heterocycles. The summed E-state index contributed by atoms with van der Waals surface area (Å²) in [5, 5.41) is 11.6. The Labute approximate surface area is 183 Å². The number of aromatic nitrogens is 2. The van der Waals surface area contributed by atoms with Crippen LogP contribution in [0.1, 0.15) is 38.2 Å². The van der Waals surface area contributed by atoms with E-state index in [0.29, 0.717) is 5.92 Å². The lowest BCUT2D eigenvalue weighted by atomic mass is 10.0. The minimum Gasteiger partial charge on any atom is -0.483 e. The van der Waals surface area contributed by atoms with Crippen LogP contribution in [0.25, 0.3) is 11.3 Å². The Hall–Kier alpha value is -3.41. The van der Waals surface area contributed by atoms with Gasteiger partial charge in [-0.15, -0.1) is 10.2 Å². The maximum absolute atomic E-state index is 12.3. The highest BCUT2D eigenvalue weighted by Crippen LogP contribution is 2.26. The number of benzene rings is 2. The Bertz CT molecular complexity index is 1010. The van der Waals surface area contributed by atoms with Crippen LogP contribution in [-0.2, 0) is 4.79 Å². The fourth-order valence-electron chi connectivity index (χ4n) is 3.75. The number of nitrogens with one attached hydrogen (secondary N) is 1. The van der Waals surface area contributed by atoms with E-state index >= 15 is 0 Å². The van der Waals surface area contributed by atoms with Crippen LogP contribution >= 0.6 is 0 Å². The molecular weight excluding hydrogens is 388 g/mol. The van der Waals surface area contributed by atoms with Crippen LogP contribution in [0.15, 0.2) is 60.7 Å². The van der Waals surface area contributed by atoms with E-state index in [1.54, 1.807) is 0 Å². The lowest BCUT2D eigenvalue weighted by Crippen LogP contribution is -2.20. The molecule has 1 aromatic heterocycles. The minimum absolute atomic E-state index is 0.0328. The summed E-state index contributed by atoms with van der Waals surface area (Å²) in [6, 6.07) is 19.4. The number of anilines is 2.